The fourth-order valence-electron chi connectivity index (χ4n) is 3.61. The summed E-state index contributed by atoms with van der Waals surface area (Å²) in [5.41, 5.74) is 4.33. The molecule has 0 saturated carbocycles. The number of rotatable bonds is 9. The molecule has 0 unspecified atom stereocenters. The van der Waals surface area contributed by atoms with Gasteiger partial charge in [0.1, 0.15) is 10.6 Å². The molecule has 36 heavy (non-hydrogen) atoms. The lowest BCUT2D eigenvalue weighted by Gasteiger charge is -2.20. The van der Waals surface area contributed by atoms with Crippen molar-refractivity contribution < 1.29 is 23.5 Å². The number of ether oxygens (including phenoxy) is 1. The summed E-state index contributed by atoms with van der Waals surface area (Å²) in [5.74, 6) is -1.38. The number of nitrogens with one attached hydrogen (secondary N) is 2. The van der Waals surface area contributed by atoms with Crippen LogP contribution in [-0.4, -0.2) is 30.4 Å². The van der Waals surface area contributed by atoms with Crippen LogP contribution in [0.1, 0.15) is 49.3 Å². The fourth-order valence-corrected chi connectivity index (χ4v) is 4.60. The second-order valence-corrected chi connectivity index (χ2v) is 9.08. The van der Waals surface area contributed by atoms with Crippen molar-refractivity contribution in [2.75, 3.05) is 11.9 Å². The van der Waals surface area contributed by atoms with Gasteiger partial charge in [0.05, 0.1) is 12.9 Å². The van der Waals surface area contributed by atoms with E-state index in [1.54, 1.807) is 25.1 Å². The molecule has 2 aromatic heterocycles. The largest absolute Gasteiger partial charge is 0.462 e. The number of amides is 1. The molecule has 4 rings (SSSR count). The predicted molar refractivity (Wildman–Crippen MR) is 140 cm³/mol. The molecule has 0 aliphatic heterocycles. The van der Waals surface area contributed by atoms with E-state index in [-0.39, 0.29) is 18.2 Å². The number of carbonyl (C=O) groups is 3. The summed E-state index contributed by atoms with van der Waals surface area (Å²) in [5, 5.41) is 8.03. The van der Waals surface area contributed by atoms with E-state index in [1.165, 1.54) is 23.7 Å². The van der Waals surface area contributed by atoms with Gasteiger partial charge in [-0.1, -0.05) is 59.7 Å². The normalized spacial score (nSPS) is 11.5. The van der Waals surface area contributed by atoms with Crippen LogP contribution in [0.3, 0.4) is 0 Å². The summed E-state index contributed by atoms with van der Waals surface area (Å²) in [6.07, 6.45) is 0.216. The third-order valence-electron chi connectivity index (χ3n) is 5.53. The Morgan fingerprint density at radius 2 is 1.64 bits per heavy atom. The van der Waals surface area contributed by atoms with Crippen molar-refractivity contribution in [3.63, 3.8) is 0 Å². The highest BCUT2D eigenvalue weighted by atomic mass is 32.1. The molecule has 0 saturated heterocycles. The Hall–Kier alpha value is -4.17. The fraction of sp³-hybridized carbons (Fsp3) is 0.179. The Morgan fingerprint density at radius 1 is 0.972 bits per heavy atom. The Morgan fingerprint density at radius 3 is 2.25 bits per heavy atom. The minimum absolute atomic E-state index is 0.0654. The maximum Gasteiger partial charge on any atom is 0.341 e. The molecule has 8 heteroatoms. The molecule has 4 aromatic rings. The number of anilines is 1. The lowest BCUT2D eigenvalue weighted by Crippen LogP contribution is -2.46. The monoisotopic (exact) mass is 502 g/mol. The van der Waals surface area contributed by atoms with Crippen LogP contribution in [0.15, 0.2) is 76.7 Å². The number of benzene rings is 2. The van der Waals surface area contributed by atoms with Gasteiger partial charge >= 0.3 is 5.97 Å². The number of hydrogen-bond acceptors (Lipinski definition) is 7. The number of furan rings is 1. The second kappa shape index (κ2) is 11.0. The average molecular weight is 503 g/mol. The van der Waals surface area contributed by atoms with Gasteiger partial charge < -0.3 is 19.8 Å². The number of thiophene rings is 1. The lowest BCUT2D eigenvalue weighted by molar-refractivity contribution is 0.0528. The quantitative estimate of drug-likeness (QED) is 0.169. The third kappa shape index (κ3) is 5.55. The van der Waals surface area contributed by atoms with E-state index >= 15 is 0 Å². The minimum atomic E-state index is -1.16. The van der Waals surface area contributed by atoms with Crippen LogP contribution in [0.4, 0.5) is 5.00 Å². The van der Waals surface area contributed by atoms with Gasteiger partial charge in [0.2, 0.25) is 5.78 Å². The van der Waals surface area contributed by atoms with E-state index in [2.05, 4.69) is 10.6 Å². The van der Waals surface area contributed by atoms with Crippen molar-refractivity contribution in [1.82, 2.24) is 5.32 Å². The zero-order valence-corrected chi connectivity index (χ0v) is 21.0. The van der Waals surface area contributed by atoms with Gasteiger partial charge in [-0.3, -0.25) is 9.59 Å². The molecular weight excluding hydrogens is 476 g/mol. The first-order valence-electron chi connectivity index (χ1n) is 11.4. The van der Waals surface area contributed by atoms with Gasteiger partial charge in [0, 0.05) is 16.5 Å². The standard InChI is InChI=1S/C28H26N2O5S/c1-4-34-28(33)23-21(19-11-7-17(2)8-12-19)16-36-27(23)30-25(29-26(32)22-6-5-15-35-22)24(31)20-13-9-18(3)10-14-20/h5-16,25,30H,4H2,1-3H3,(H,29,32)/t25-/m1/s1. The summed E-state index contributed by atoms with van der Waals surface area (Å²) in [7, 11) is 0. The van der Waals surface area contributed by atoms with E-state index in [0.717, 1.165) is 16.7 Å². The summed E-state index contributed by atoms with van der Waals surface area (Å²) in [6, 6.07) is 17.9. The molecule has 1 atom stereocenters. The molecule has 0 aliphatic rings. The topological polar surface area (TPSA) is 97.6 Å². The zero-order valence-electron chi connectivity index (χ0n) is 20.2. The lowest BCUT2D eigenvalue weighted by atomic mass is 10.0. The Balaban J connectivity index is 1.72. The molecule has 2 heterocycles. The van der Waals surface area contributed by atoms with Crippen molar-refractivity contribution in [2.24, 2.45) is 0 Å². The Kier molecular flexibility index (Phi) is 7.65. The van der Waals surface area contributed by atoms with E-state index in [1.807, 2.05) is 55.6 Å². The van der Waals surface area contributed by atoms with Crippen molar-refractivity contribution in [3.05, 3.63) is 100 Å². The van der Waals surface area contributed by atoms with Crippen LogP contribution in [0.25, 0.3) is 11.1 Å². The third-order valence-corrected chi connectivity index (χ3v) is 6.44. The van der Waals surface area contributed by atoms with Crippen LogP contribution in [0.5, 0.6) is 0 Å². The number of hydrogen-bond donors (Lipinski definition) is 2. The van der Waals surface area contributed by atoms with Gasteiger partial charge in [-0.15, -0.1) is 11.3 Å². The molecule has 0 radical (unpaired) electrons. The summed E-state index contributed by atoms with van der Waals surface area (Å²) >= 11 is 1.26. The molecule has 0 fully saturated rings. The summed E-state index contributed by atoms with van der Waals surface area (Å²) in [4.78, 5) is 39.3. The van der Waals surface area contributed by atoms with Crippen molar-refractivity contribution in [2.45, 2.75) is 26.9 Å². The van der Waals surface area contributed by atoms with E-state index in [9.17, 15) is 14.4 Å². The smallest absolute Gasteiger partial charge is 0.341 e. The molecule has 0 aliphatic carbocycles. The summed E-state index contributed by atoms with van der Waals surface area (Å²) in [6.45, 7) is 5.84. The van der Waals surface area contributed by atoms with Gasteiger partial charge in [-0.2, -0.15) is 0 Å². The highest BCUT2D eigenvalue weighted by molar-refractivity contribution is 7.15. The average Bonchev–Trinajstić information content (AvgIpc) is 3.55. The Bertz CT molecular complexity index is 1360. The Labute approximate surface area is 213 Å². The van der Waals surface area contributed by atoms with E-state index < -0.39 is 18.0 Å². The van der Waals surface area contributed by atoms with Gasteiger partial charge in [-0.25, -0.2) is 4.79 Å². The number of esters is 1. The SMILES string of the molecule is CCOC(=O)c1c(-c2ccc(C)cc2)csc1N[C@@H](NC(=O)c1ccco1)C(=O)c1ccc(C)cc1. The molecule has 1 amide bonds. The van der Waals surface area contributed by atoms with Crippen molar-refractivity contribution in [3.8, 4) is 11.1 Å². The van der Waals surface area contributed by atoms with E-state index in [4.69, 9.17) is 9.15 Å². The summed E-state index contributed by atoms with van der Waals surface area (Å²) < 4.78 is 10.5. The van der Waals surface area contributed by atoms with Crippen LogP contribution in [-0.2, 0) is 4.74 Å². The minimum Gasteiger partial charge on any atom is -0.462 e. The number of carbonyl (C=O) groups excluding carboxylic acids is 3. The zero-order chi connectivity index (χ0) is 25.7. The first kappa shape index (κ1) is 24.9. The van der Waals surface area contributed by atoms with E-state index in [0.29, 0.717) is 21.7 Å². The highest BCUT2D eigenvalue weighted by Gasteiger charge is 2.28. The van der Waals surface area contributed by atoms with Gasteiger partial charge in [0.15, 0.2) is 11.9 Å². The molecule has 2 aromatic carbocycles. The van der Waals surface area contributed by atoms with Crippen LogP contribution < -0.4 is 10.6 Å². The first-order valence-corrected chi connectivity index (χ1v) is 12.3. The van der Waals surface area contributed by atoms with Gasteiger partial charge in [-0.05, 0) is 38.5 Å². The van der Waals surface area contributed by atoms with Gasteiger partial charge in [0.25, 0.3) is 5.91 Å². The highest BCUT2D eigenvalue weighted by Crippen LogP contribution is 2.37. The number of Topliss-reactive ketones (excluding diaryl/α,β-unsaturated/α-hetero) is 1. The molecule has 2 N–H and O–H groups in total. The van der Waals surface area contributed by atoms with Crippen LogP contribution >= 0.6 is 11.3 Å². The maximum absolute atomic E-state index is 13.5. The molecular formula is C28H26N2O5S. The maximum atomic E-state index is 13.5. The molecule has 0 bridgehead atoms. The van der Waals surface area contributed by atoms with Crippen LogP contribution in [0.2, 0.25) is 0 Å². The number of ketones is 1. The number of aryl methyl sites for hydroxylation is 2. The first-order chi connectivity index (χ1) is 17.4. The predicted octanol–water partition coefficient (Wildman–Crippen LogP) is 5.85. The van der Waals surface area contributed by atoms with Crippen LogP contribution in [0, 0.1) is 13.8 Å². The molecule has 0 spiro atoms. The molecule has 184 valence electrons. The van der Waals surface area contributed by atoms with Crippen molar-refractivity contribution >= 4 is 34.0 Å². The second-order valence-electron chi connectivity index (χ2n) is 8.20. The van der Waals surface area contributed by atoms with Crippen molar-refractivity contribution in [1.29, 1.82) is 0 Å². The molecule has 7 nitrogen and oxygen atoms in total.